The fourth-order valence-electron chi connectivity index (χ4n) is 1.80. The van der Waals surface area contributed by atoms with E-state index in [1.165, 1.54) is 12.1 Å². The van der Waals surface area contributed by atoms with Gasteiger partial charge in [-0.1, -0.05) is 24.8 Å². The Hall–Kier alpha value is -1.05. The Balaban J connectivity index is 2.18. The summed E-state index contributed by atoms with van der Waals surface area (Å²) in [4.78, 5) is 4.68. The summed E-state index contributed by atoms with van der Waals surface area (Å²) in [5.41, 5.74) is 0.689. The van der Waals surface area contributed by atoms with Crippen LogP contribution >= 0.6 is 11.8 Å². The second-order valence-corrected chi connectivity index (χ2v) is 6.98. The van der Waals surface area contributed by atoms with E-state index in [0.29, 0.717) is 11.7 Å². The molecule has 0 radical (unpaired) electrons. The Kier molecular flexibility index (Phi) is 4.49. The normalized spacial score (nSPS) is 19.9. The highest BCUT2D eigenvalue weighted by molar-refractivity contribution is 8.14. The van der Waals surface area contributed by atoms with Crippen LogP contribution in [0.25, 0.3) is 0 Å². The lowest BCUT2D eigenvalue weighted by molar-refractivity contribution is 0.598. The number of sulfonamides is 1. The first-order valence-corrected chi connectivity index (χ1v) is 8.62. The Morgan fingerprint density at radius 2 is 2.32 bits per heavy atom. The summed E-state index contributed by atoms with van der Waals surface area (Å²) in [7, 11) is -3.67. The summed E-state index contributed by atoms with van der Waals surface area (Å²) in [6, 6.07) is 6.81. The van der Waals surface area contributed by atoms with Crippen molar-refractivity contribution in [3.05, 3.63) is 24.3 Å². The average molecular weight is 299 g/mol. The van der Waals surface area contributed by atoms with Gasteiger partial charge >= 0.3 is 0 Å². The molecule has 0 aliphatic carbocycles. The molecule has 1 aromatic rings. The summed E-state index contributed by atoms with van der Waals surface area (Å²) >= 11 is 1.65. The van der Waals surface area contributed by atoms with Crippen LogP contribution < -0.4 is 10.5 Å². The molecule has 0 amide bonds. The van der Waals surface area contributed by atoms with Gasteiger partial charge < -0.3 is 5.32 Å². The number of nitrogens with two attached hydrogens (primary N) is 1. The van der Waals surface area contributed by atoms with E-state index in [4.69, 9.17) is 5.14 Å². The number of hydrogen-bond donors (Lipinski definition) is 2. The second-order valence-electron chi connectivity index (χ2n) is 4.33. The van der Waals surface area contributed by atoms with E-state index in [1.807, 2.05) is 0 Å². The van der Waals surface area contributed by atoms with E-state index in [9.17, 15) is 8.42 Å². The number of anilines is 1. The minimum Gasteiger partial charge on any atom is -0.335 e. The molecule has 0 aromatic heterocycles. The van der Waals surface area contributed by atoms with Crippen molar-refractivity contribution in [3.63, 3.8) is 0 Å². The lowest BCUT2D eigenvalue weighted by atomic mass is 10.2. The molecule has 2 rings (SSSR count). The smallest absolute Gasteiger partial charge is 0.238 e. The number of amidine groups is 1. The number of aliphatic imine (C=N–C) groups is 1. The molecule has 5 nitrogen and oxygen atoms in total. The fourth-order valence-corrected chi connectivity index (χ4v) is 3.35. The molecule has 0 spiro atoms. The maximum Gasteiger partial charge on any atom is 0.238 e. The molecule has 0 saturated carbocycles. The van der Waals surface area contributed by atoms with Crippen LogP contribution in [0.5, 0.6) is 0 Å². The first kappa shape index (κ1) is 14.4. The summed E-state index contributed by atoms with van der Waals surface area (Å²) in [6.45, 7) is 2.11. The molecule has 7 heteroatoms. The largest absolute Gasteiger partial charge is 0.335 e. The molecule has 1 heterocycles. The molecule has 104 valence electrons. The van der Waals surface area contributed by atoms with Crippen LogP contribution in [0.15, 0.2) is 34.2 Å². The predicted molar refractivity (Wildman–Crippen MR) is 80.0 cm³/mol. The maximum atomic E-state index is 11.3. The van der Waals surface area contributed by atoms with Crippen LogP contribution in [0.1, 0.15) is 19.8 Å². The molecule has 19 heavy (non-hydrogen) atoms. The number of hydrogen-bond acceptors (Lipinski definition) is 5. The van der Waals surface area contributed by atoms with E-state index >= 15 is 0 Å². The minimum absolute atomic E-state index is 0.103. The summed E-state index contributed by atoms with van der Waals surface area (Å²) in [5.74, 6) is 1.03. The minimum atomic E-state index is -3.67. The van der Waals surface area contributed by atoms with Gasteiger partial charge in [0.1, 0.15) is 0 Å². The molecule has 1 atom stereocenters. The fraction of sp³-hybridized carbons (Fsp3) is 0.417. The van der Waals surface area contributed by atoms with Gasteiger partial charge in [0.2, 0.25) is 10.0 Å². The second kappa shape index (κ2) is 5.94. The third-order valence-electron chi connectivity index (χ3n) is 2.87. The SMILES string of the molecule is CCC1CCSC(Nc2cccc(S(N)(=O)=O)c2)=N1. The number of nitrogens with one attached hydrogen (secondary N) is 1. The Bertz CT molecular complexity index is 584. The Labute approximate surface area is 117 Å². The van der Waals surface area contributed by atoms with Gasteiger partial charge in [0.05, 0.1) is 10.9 Å². The van der Waals surface area contributed by atoms with Crippen LogP contribution in [-0.2, 0) is 10.0 Å². The molecular weight excluding hydrogens is 282 g/mol. The quantitative estimate of drug-likeness (QED) is 0.894. The monoisotopic (exact) mass is 299 g/mol. The van der Waals surface area contributed by atoms with Crippen molar-refractivity contribution in [2.45, 2.75) is 30.7 Å². The summed E-state index contributed by atoms with van der Waals surface area (Å²) < 4.78 is 22.6. The Morgan fingerprint density at radius 1 is 1.53 bits per heavy atom. The first-order valence-electron chi connectivity index (χ1n) is 6.09. The van der Waals surface area contributed by atoms with Crippen molar-refractivity contribution >= 4 is 32.6 Å². The van der Waals surface area contributed by atoms with E-state index in [-0.39, 0.29) is 4.90 Å². The van der Waals surface area contributed by atoms with E-state index in [0.717, 1.165) is 23.8 Å². The van der Waals surface area contributed by atoms with Gasteiger partial charge in [-0.3, -0.25) is 4.99 Å². The van der Waals surface area contributed by atoms with Gasteiger partial charge in [0, 0.05) is 11.4 Å². The van der Waals surface area contributed by atoms with Crippen LogP contribution in [0.3, 0.4) is 0 Å². The highest BCUT2D eigenvalue weighted by Crippen LogP contribution is 2.22. The first-order chi connectivity index (χ1) is 8.99. The van der Waals surface area contributed by atoms with Crippen molar-refractivity contribution in [2.24, 2.45) is 10.1 Å². The number of thioether (sulfide) groups is 1. The maximum absolute atomic E-state index is 11.3. The van der Waals surface area contributed by atoms with Gasteiger partial charge in [0.25, 0.3) is 0 Å². The lowest BCUT2D eigenvalue weighted by Crippen LogP contribution is -2.20. The molecule has 0 bridgehead atoms. The lowest BCUT2D eigenvalue weighted by Gasteiger charge is -2.19. The molecule has 0 fully saturated rings. The number of rotatable bonds is 3. The molecular formula is C12H17N3O2S2. The number of primary sulfonamides is 1. The Morgan fingerprint density at radius 3 is 3.00 bits per heavy atom. The topological polar surface area (TPSA) is 84.5 Å². The number of nitrogens with zero attached hydrogens (tertiary/aromatic N) is 1. The van der Waals surface area contributed by atoms with E-state index in [1.54, 1.807) is 23.9 Å². The van der Waals surface area contributed by atoms with Crippen molar-refractivity contribution in [1.82, 2.24) is 0 Å². The van der Waals surface area contributed by atoms with Gasteiger partial charge in [0.15, 0.2) is 5.17 Å². The van der Waals surface area contributed by atoms with Gasteiger partial charge in [-0.2, -0.15) is 0 Å². The standard InChI is InChI=1S/C12H17N3O2S2/c1-2-9-6-7-18-12(14-9)15-10-4-3-5-11(8-10)19(13,16)17/h3-5,8-9H,2,6-7H2,1H3,(H,14,15)(H2,13,16,17). The summed E-state index contributed by atoms with van der Waals surface area (Å²) in [6.07, 6.45) is 2.10. The molecule has 0 saturated heterocycles. The zero-order valence-electron chi connectivity index (χ0n) is 10.7. The zero-order chi connectivity index (χ0) is 13.9. The van der Waals surface area contributed by atoms with E-state index < -0.39 is 10.0 Å². The van der Waals surface area contributed by atoms with Gasteiger partial charge in [-0.25, -0.2) is 13.6 Å². The van der Waals surface area contributed by atoms with Gasteiger partial charge in [-0.15, -0.1) is 0 Å². The molecule has 1 aliphatic rings. The summed E-state index contributed by atoms with van der Waals surface area (Å²) in [5, 5.41) is 9.10. The van der Waals surface area contributed by atoms with Crippen LogP contribution in [0.2, 0.25) is 0 Å². The molecule has 3 N–H and O–H groups in total. The third-order valence-corrected chi connectivity index (χ3v) is 4.71. The zero-order valence-corrected chi connectivity index (χ0v) is 12.3. The van der Waals surface area contributed by atoms with Crippen molar-refractivity contribution in [1.29, 1.82) is 0 Å². The predicted octanol–water partition coefficient (Wildman–Crippen LogP) is 2.02. The molecule has 1 aromatic carbocycles. The van der Waals surface area contributed by atoms with E-state index in [2.05, 4.69) is 17.2 Å². The van der Waals surface area contributed by atoms with Crippen LogP contribution in [0.4, 0.5) is 5.69 Å². The third kappa shape index (κ3) is 3.95. The van der Waals surface area contributed by atoms with Gasteiger partial charge in [-0.05, 0) is 31.0 Å². The van der Waals surface area contributed by atoms with Crippen LogP contribution in [-0.4, -0.2) is 25.4 Å². The molecule has 1 aliphatic heterocycles. The average Bonchev–Trinajstić information content (AvgIpc) is 2.38. The number of benzene rings is 1. The molecule has 1 unspecified atom stereocenters. The van der Waals surface area contributed by atoms with Crippen molar-refractivity contribution in [3.8, 4) is 0 Å². The van der Waals surface area contributed by atoms with Crippen molar-refractivity contribution in [2.75, 3.05) is 11.1 Å². The van der Waals surface area contributed by atoms with Crippen LogP contribution in [0, 0.1) is 0 Å². The highest BCUT2D eigenvalue weighted by atomic mass is 32.2. The van der Waals surface area contributed by atoms with Crippen molar-refractivity contribution < 1.29 is 8.42 Å². The highest BCUT2D eigenvalue weighted by Gasteiger charge is 2.15.